The minimum Gasteiger partial charge on any atom is -0.403 e. The summed E-state index contributed by atoms with van der Waals surface area (Å²) in [6.07, 6.45) is 0.452. The summed E-state index contributed by atoms with van der Waals surface area (Å²) in [6.45, 7) is 6.39. The van der Waals surface area contributed by atoms with E-state index in [4.69, 9.17) is 23.5 Å². The molecule has 0 N–H and O–H groups in total. The molecule has 0 spiro atoms. The van der Waals surface area contributed by atoms with Gasteiger partial charge in [-0.2, -0.15) is 0 Å². The standard InChI is InChI=1S/C11H18BBrO5/c1-4-12-17-8-7(15-10(13)9(8)18-12)6-5-14-11(2,3)16-6/h6-10H,4-5H2,1-3H3. The quantitative estimate of drug-likeness (QED) is 0.570. The first-order valence-corrected chi connectivity index (χ1v) is 7.34. The summed E-state index contributed by atoms with van der Waals surface area (Å²) in [5.41, 5.74) is 0. The number of fused-ring (bicyclic) bond motifs is 1. The van der Waals surface area contributed by atoms with E-state index in [1.54, 1.807) is 0 Å². The minimum absolute atomic E-state index is 0.0627. The fraction of sp³-hybridized carbons (Fsp3) is 1.00. The van der Waals surface area contributed by atoms with E-state index in [-0.39, 0.29) is 36.5 Å². The van der Waals surface area contributed by atoms with E-state index in [0.717, 1.165) is 6.32 Å². The number of ether oxygens (including phenoxy) is 3. The van der Waals surface area contributed by atoms with Crippen LogP contribution in [0.1, 0.15) is 20.8 Å². The number of halogens is 1. The molecule has 0 saturated carbocycles. The van der Waals surface area contributed by atoms with E-state index in [9.17, 15) is 0 Å². The van der Waals surface area contributed by atoms with E-state index in [2.05, 4.69) is 15.9 Å². The predicted molar refractivity (Wildman–Crippen MR) is 68.5 cm³/mol. The minimum atomic E-state index is -0.544. The third kappa shape index (κ3) is 2.25. The molecule has 3 aliphatic heterocycles. The summed E-state index contributed by atoms with van der Waals surface area (Å²) < 4.78 is 29.0. The average Bonchev–Trinajstić information content (AvgIpc) is 2.94. The lowest BCUT2D eigenvalue weighted by Gasteiger charge is -2.23. The zero-order valence-electron chi connectivity index (χ0n) is 10.8. The molecular formula is C11H18BBrO5. The fourth-order valence-electron chi connectivity index (χ4n) is 2.69. The van der Waals surface area contributed by atoms with Crippen LogP contribution < -0.4 is 0 Å². The van der Waals surface area contributed by atoms with Crippen molar-refractivity contribution in [2.75, 3.05) is 6.61 Å². The number of alkyl halides is 1. The van der Waals surface area contributed by atoms with E-state index >= 15 is 0 Å². The fourth-order valence-corrected chi connectivity index (χ4v) is 3.36. The third-order valence-corrected chi connectivity index (χ3v) is 4.28. The van der Waals surface area contributed by atoms with Crippen molar-refractivity contribution in [3.8, 4) is 0 Å². The van der Waals surface area contributed by atoms with Crippen molar-refractivity contribution in [2.45, 2.75) is 62.3 Å². The molecule has 3 fully saturated rings. The second-order valence-corrected chi connectivity index (χ2v) is 6.26. The molecule has 0 aromatic rings. The summed E-state index contributed by atoms with van der Waals surface area (Å²) in [6, 6.07) is 0. The van der Waals surface area contributed by atoms with Crippen LogP contribution in [0.3, 0.4) is 0 Å². The molecule has 3 aliphatic rings. The molecule has 0 aromatic carbocycles. The molecule has 5 atom stereocenters. The lowest BCUT2D eigenvalue weighted by molar-refractivity contribution is -0.157. The number of hydrogen-bond acceptors (Lipinski definition) is 5. The molecule has 3 rings (SSSR count). The zero-order valence-corrected chi connectivity index (χ0v) is 12.4. The largest absolute Gasteiger partial charge is 0.457 e. The Morgan fingerprint density at radius 2 is 1.94 bits per heavy atom. The Morgan fingerprint density at radius 1 is 1.22 bits per heavy atom. The highest BCUT2D eigenvalue weighted by Crippen LogP contribution is 2.40. The van der Waals surface area contributed by atoms with Crippen LogP contribution in [0, 0.1) is 0 Å². The Bertz CT molecular complexity index is 329. The van der Waals surface area contributed by atoms with Gasteiger partial charge in [0, 0.05) is 0 Å². The summed E-state index contributed by atoms with van der Waals surface area (Å²) in [5, 5.41) is -0.142. The molecule has 5 nitrogen and oxygen atoms in total. The lowest BCUT2D eigenvalue weighted by atomic mass is 9.87. The van der Waals surface area contributed by atoms with Crippen molar-refractivity contribution < 1.29 is 23.5 Å². The third-order valence-electron chi connectivity index (χ3n) is 3.54. The smallest absolute Gasteiger partial charge is 0.403 e. The van der Waals surface area contributed by atoms with Crippen molar-refractivity contribution in [2.24, 2.45) is 0 Å². The molecule has 0 radical (unpaired) electrons. The molecule has 0 aromatic heterocycles. The van der Waals surface area contributed by atoms with Gasteiger partial charge in [-0.1, -0.05) is 22.9 Å². The van der Waals surface area contributed by atoms with Crippen LogP contribution in [0.25, 0.3) is 0 Å². The molecule has 18 heavy (non-hydrogen) atoms. The van der Waals surface area contributed by atoms with Crippen molar-refractivity contribution in [1.29, 1.82) is 0 Å². The maximum absolute atomic E-state index is 5.89. The molecule has 0 bridgehead atoms. The van der Waals surface area contributed by atoms with Crippen molar-refractivity contribution in [3.05, 3.63) is 0 Å². The molecule has 3 heterocycles. The first-order valence-electron chi connectivity index (χ1n) is 6.42. The number of rotatable bonds is 2. The van der Waals surface area contributed by atoms with Gasteiger partial charge in [0.05, 0.1) is 12.7 Å². The van der Waals surface area contributed by atoms with Gasteiger partial charge in [-0.3, -0.25) is 0 Å². The number of hydrogen-bond donors (Lipinski definition) is 0. The Morgan fingerprint density at radius 3 is 2.56 bits per heavy atom. The Balaban J connectivity index is 1.70. The van der Waals surface area contributed by atoms with Crippen LogP contribution in [-0.2, 0) is 23.5 Å². The highest BCUT2D eigenvalue weighted by atomic mass is 79.9. The van der Waals surface area contributed by atoms with Gasteiger partial charge in [0.1, 0.15) is 23.3 Å². The Labute approximate surface area is 116 Å². The summed E-state index contributed by atoms with van der Waals surface area (Å²) in [7, 11) is -0.137. The van der Waals surface area contributed by atoms with Crippen LogP contribution in [0.4, 0.5) is 0 Å². The zero-order chi connectivity index (χ0) is 12.9. The van der Waals surface area contributed by atoms with E-state index < -0.39 is 5.79 Å². The van der Waals surface area contributed by atoms with Crippen LogP contribution >= 0.6 is 15.9 Å². The molecule has 5 unspecified atom stereocenters. The van der Waals surface area contributed by atoms with Gasteiger partial charge in [-0.05, 0) is 20.2 Å². The predicted octanol–water partition coefficient (Wildman–Crippen LogP) is 1.55. The second kappa shape index (κ2) is 4.72. The van der Waals surface area contributed by atoms with Crippen LogP contribution in [0.15, 0.2) is 0 Å². The lowest BCUT2D eigenvalue weighted by Crippen LogP contribution is -2.40. The SMILES string of the molecule is CCB1OC2C(Br)OC(C3COC(C)(C)O3)C2O1. The van der Waals surface area contributed by atoms with Gasteiger partial charge in [-0.15, -0.1) is 0 Å². The average molecular weight is 321 g/mol. The normalized spacial score (nSPS) is 46.7. The first kappa shape index (κ1) is 13.3. The Kier molecular flexibility index (Phi) is 3.49. The monoisotopic (exact) mass is 320 g/mol. The van der Waals surface area contributed by atoms with Gasteiger partial charge in [0.25, 0.3) is 0 Å². The van der Waals surface area contributed by atoms with Crippen molar-refractivity contribution >= 4 is 23.0 Å². The van der Waals surface area contributed by atoms with Crippen molar-refractivity contribution in [1.82, 2.24) is 0 Å². The van der Waals surface area contributed by atoms with Crippen LogP contribution in [0.5, 0.6) is 0 Å². The highest BCUT2D eigenvalue weighted by Gasteiger charge is 2.56. The Hall–Kier alpha value is 0.345. The van der Waals surface area contributed by atoms with Gasteiger partial charge >= 0.3 is 7.12 Å². The summed E-state index contributed by atoms with van der Waals surface area (Å²) in [4.78, 5) is 0. The maximum atomic E-state index is 5.89. The summed E-state index contributed by atoms with van der Waals surface area (Å²) >= 11 is 3.49. The maximum Gasteiger partial charge on any atom is 0.457 e. The van der Waals surface area contributed by atoms with E-state index in [0.29, 0.717) is 6.61 Å². The summed E-state index contributed by atoms with van der Waals surface area (Å²) in [5.74, 6) is -0.544. The van der Waals surface area contributed by atoms with Gasteiger partial charge in [0.15, 0.2) is 5.79 Å². The second-order valence-electron chi connectivity index (χ2n) is 5.36. The highest BCUT2D eigenvalue weighted by molar-refractivity contribution is 9.09. The van der Waals surface area contributed by atoms with Gasteiger partial charge in [-0.25, -0.2) is 0 Å². The molecule has 7 heteroatoms. The van der Waals surface area contributed by atoms with E-state index in [1.807, 2.05) is 20.8 Å². The first-order chi connectivity index (χ1) is 8.50. The van der Waals surface area contributed by atoms with Gasteiger partial charge in [0.2, 0.25) is 0 Å². The van der Waals surface area contributed by atoms with E-state index in [1.165, 1.54) is 0 Å². The molecule has 102 valence electrons. The van der Waals surface area contributed by atoms with Crippen LogP contribution in [-0.4, -0.2) is 48.9 Å². The van der Waals surface area contributed by atoms with Gasteiger partial charge < -0.3 is 23.5 Å². The molecular weight excluding hydrogens is 303 g/mol. The molecule has 3 saturated heterocycles. The van der Waals surface area contributed by atoms with Crippen molar-refractivity contribution in [3.63, 3.8) is 0 Å². The topological polar surface area (TPSA) is 46.2 Å². The molecule has 0 amide bonds. The van der Waals surface area contributed by atoms with Crippen LogP contribution in [0.2, 0.25) is 6.32 Å². The molecule has 0 aliphatic carbocycles.